The van der Waals surface area contributed by atoms with Crippen LogP contribution in [0.25, 0.3) is 0 Å². The molecule has 216 valence electrons. The Morgan fingerprint density at radius 2 is 1.98 bits per heavy atom. The number of amides is 2. The number of hydrogen-bond donors (Lipinski definition) is 1. The van der Waals surface area contributed by atoms with Gasteiger partial charge in [-0.3, -0.25) is 19.6 Å². The third-order valence-corrected chi connectivity index (χ3v) is 9.19. The van der Waals surface area contributed by atoms with E-state index in [1.807, 2.05) is 6.92 Å². The third kappa shape index (κ3) is 6.42. The molecule has 3 aliphatic rings. The molecule has 1 aliphatic carbocycles. The molecule has 1 fully saturated rings. The number of nitrogens with one attached hydrogen (secondary N) is 1. The van der Waals surface area contributed by atoms with Gasteiger partial charge in [-0.15, -0.1) is 0 Å². The zero-order valence-corrected chi connectivity index (χ0v) is 24.5. The van der Waals surface area contributed by atoms with Gasteiger partial charge in [0.1, 0.15) is 18.7 Å². The van der Waals surface area contributed by atoms with E-state index in [9.17, 15) is 14.0 Å². The van der Waals surface area contributed by atoms with Crippen molar-refractivity contribution in [1.29, 1.82) is 0 Å². The molecular formula is C27H37FN6O5Si. The highest BCUT2D eigenvalue weighted by Gasteiger charge is 2.36. The largest absolute Gasteiger partial charge is 0.465 e. The Balaban J connectivity index is 1.13. The van der Waals surface area contributed by atoms with Gasteiger partial charge in [0.05, 0.1) is 18.9 Å². The van der Waals surface area contributed by atoms with Crippen molar-refractivity contribution in [2.45, 2.75) is 58.0 Å². The smallest absolute Gasteiger partial charge is 0.415 e. The number of halogens is 1. The van der Waals surface area contributed by atoms with Gasteiger partial charge in [0.15, 0.2) is 12.4 Å². The molecule has 2 aromatic rings. The van der Waals surface area contributed by atoms with E-state index in [1.54, 1.807) is 0 Å². The number of fused-ring (bicyclic) bond motifs is 2. The second-order valence-corrected chi connectivity index (χ2v) is 17.5. The lowest BCUT2D eigenvalue weighted by Gasteiger charge is -2.28. The van der Waals surface area contributed by atoms with Crippen LogP contribution in [0.5, 0.6) is 5.88 Å². The third-order valence-electron chi connectivity index (χ3n) is 7.49. The van der Waals surface area contributed by atoms with E-state index in [4.69, 9.17) is 14.2 Å². The van der Waals surface area contributed by atoms with Crippen molar-refractivity contribution in [3.05, 3.63) is 35.0 Å². The standard InChI is InChI=1S/C27H37FN6O5Si/c1-17-20-9-18(10-21(20)22(28)12-30-17)11-29-6-5-19-14-33(27(36)39-19)23-13-31-26-25(32-23)34(24(35)15-38-26)16-37-7-8-40(2,3)4/h12-13,18-19,29H,5-11,14-16H2,1-4H3/t18?,19-/m1/s1. The lowest BCUT2D eigenvalue weighted by atomic mass is 10.1. The van der Waals surface area contributed by atoms with E-state index in [2.05, 4.69) is 39.9 Å². The van der Waals surface area contributed by atoms with Crippen LogP contribution in [-0.2, 0) is 27.1 Å². The maximum absolute atomic E-state index is 14.1. The number of pyridine rings is 1. The fourth-order valence-corrected chi connectivity index (χ4v) is 5.90. The van der Waals surface area contributed by atoms with Crippen LogP contribution in [0.2, 0.25) is 25.7 Å². The highest BCUT2D eigenvalue weighted by molar-refractivity contribution is 6.76. The Morgan fingerprint density at radius 3 is 2.75 bits per heavy atom. The Kier molecular flexibility index (Phi) is 8.33. The molecule has 40 heavy (non-hydrogen) atoms. The van der Waals surface area contributed by atoms with E-state index in [-0.39, 0.29) is 42.9 Å². The number of hydrogen-bond acceptors (Lipinski definition) is 9. The number of anilines is 2. The van der Waals surface area contributed by atoms with Gasteiger partial charge >= 0.3 is 6.09 Å². The van der Waals surface area contributed by atoms with E-state index < -0.39 is 14.2 Å². The van der Waals surface area contributed by atoms with Crippen molar-refractivity contribution < 1.29 is 28.2 Å². The minimum Gasteiger partial charge on any atom is -0.465 e. The summed E-state index contributed by atoms with van der Waals surface area (Å²) in [5.74, 6) is 0.566. The summed E-state index contributed by atoms with van der Waals surface area (Å²) in [6, 6.07) is 0.976. The molecule has 2 aliphatic heterocycles. The molecule has 1 saturated heterocycles. The van der Waals surface area contributed by atoms with Crippen LogP contribution in [0.15, 0.2) is 12.4 Å². The molecular weight excluding hydrogens is 535 g/mol. The first kappa shape index (κ1) is 28.4. The highest BCUT2D eigenvalue weighted by Crippen LogP contribution is 2.32. The highest BCUT2D eigenvalue weighted by atomic mass is 28.3. The number of aromatic nitrogens is 3. The SMILES string of the molecule is Cc1ncc(F)c2c1CC(CNCC[C@@H]1CN(c3cnc4c(n3)N(COCC[Si](C)(C)C)C(=O)CO4)C(=O)O1)C2. The summed E-state index contributed by atoms with van der Waals surface area (Å²) in [4.78, 5) is 41.1. The Morgan fingerprint density at radius 1 is 1.18 bits per heavy atom. The van der Waals surface area contributed by atoms with Crippen LogP contribution in [0.1, 0.15) is 23.2 Å². The maximum Gasteiger partial charge on any atom is 0.415 e. The number of nitrogens with zero attached hydrogens (tertiary/aromatic N) is 5. The summed E-state index contributed by atoms with van der Waals surface area (Å²) in [6.07, 6.45) is 4.07. The normalized spacial score (nSPS) is 20.4. The minimum absolute atomic E-state index is 0.0470. The van der Waals surface area contributed by atoms with Crippen molar-refractivity contribution in [2.75, 3.05) is 49.4 Å². The molecule has 4 heterocycles. The summed E-state index contributed by atoms with van der Waals surface area (Å²) in [6.45, 7) is 10.9. The quantitative estimate of drug-likeness (QED) is 0.320. The van der Waals surface area contributed by atoms with Crippen LogP contribution in [0.3, 0.4) is 0 Å². The Bertz CT molecular complexity index is 1240. The molecule has 1 unspecified atom stereocenters. The van der Waals surface area contributed by atoms with Gasteiger partial charge in [-0.1, -0.05) is 19.6 Å². The van der Waals surface area contributed by atoms with Gasteiger partial charge in [-0.2, -0.15) is 0 Å². The van der Waals surface area contributed by atoms with Crippen LogP contribution in [0, 0.1) is 18.7 Å². The molecule has 0 saturated carbocycles. The molecule has 0 radical (unpaired) electrons. The summed E-state index contributed by atoms with van der Waals surface area (Å²) in [5, 5.41) is 3.43. The van der Waals surface area contributed by atoms with Crippen molar-refractivity contribution in [3.8, 4) is 5.88 Å². The van der Waals surface area contributed by atoms with E-state index in [0.717, 1.165) is 35.8 Å². The van der Waals surface area contributed by atoms with Crippen LogP contribution < -0.4 is 19.9 Å². The molecule has 11 nitrogen and oxygen atoms in total. The molecule has 0 aromatic carbocycles. The minimum atomic E-state index is -1.27. The van der Waals surface area contributed by atoms with Gasteiger partial charge in [-0.05, 0) is 62.4 Å². The first-order valence-corrected chi connectivity index (χ1v) is 17.5. The average molecular weight is 573 g/mol. The van der Waals surface area contributed by atoms with E-state index >= 15 is 0 Å². The Labute approximate surface area is 234 Å². The van der Waals surface area contributed by atoms with E-state index in [0.29, 0.717) is 44.3 Å². The van der Waals surface area contributed by atoms with Gasteiger partial charge in [0, 0.05) is 20.4 Å². The molecule has 5 rings (SSSR count). The zero-order chi connectivity index (χ0) is 28.4. The molecule has 1 N–H and O–H groups in total. The number of cyclic esters (lactones) is 1. The summed E-state index contributed by atoms with van der Waals surface area (Å²) in [5.41, 5.74) is 2.72. The second kappa shape index (κ2) is 11.8. The molecule has 0 spiro atoms. The van der Waals surface area contributed by atoms with Crippen LogP contribution in [0.4, 0.5) is 20.8 Å². The maximum atomic E-state index is 14.1. The van der Waals surface area contributed by atoms with Crippen LogP contribution in [-0.4, -0.2) is 80.7 Å². The zero-order valence-electron chi connectivity index (χ0n) is 23.5. The topological polar surface area (TPSA) is 119 Å². The van der Waals surface area contributed by atoms with Crippen molar-refractivity contribution in [2.24, 2.45) is 5.92 Å². The Hall–Kier alpha value is -3.16. The first-order chi connectivity index (χ1) is 19.1. The number of rotatable bonds is 11. The lowest BCUT2D eigenvalue weighted by Crippen LogP contribution is -2.42. The molecule has 2 atom stereocenters. The summed E-state index contributed by atoms with van der Waals surface area (Å²) in [7, 11) is -1.27. The fraction of sp³-hybridized carbons (Fsp3) is 0.593. The lowest BCUT2D eigenvalue weighted by molar-refractivity contribution is -0.122. The second-order valence-electron chi connectivity index (χ2n) is 11.8. The van der Waals surface area contributed by atoms with Gasteiger partial charge in [0.25, 0.3) is 11.8 Å². The average Bonchev–Trinajstić information content (AvgIpc) is 3.51. The predicted molar refractivity (Wildman–Crippen MR) is 149 cm³/mol. The molecule has 0 bridgehead atoms. The fourth-order valence-electron chi connectivity index (χ4n) is 5.15. The van der Waals surface area contributed by atoms with Crippen molar-refractivity contribution >= 4 is 31.7 Å². The predicted octanol–water partition coefficient (Wildman–Crippen LogP) is 3.08. The monoisotopic (exact) mass is 572 g/mol. The summed E-state index contributed by atoms with van der Waals surface area (Å²) >= 11 is 0. The number of carbonyl (C=O) groups excluding carboxylic acids is 2. The summed E-state index contributed by atoms with van der Waals surface area (Å²) < 4.78 is 30.9. The molecule has 2 aromatic heterocycles. The van der Waals surface area contributed by atoms with Crippen molar-refractivity contribution in [1.82, 2.24) is 20.3 Å². The number of aryl methyl sites for hydroxylation is 1. The first-order valence-electron chi connectivity index (χ1n) is 13.8. The van der Waals surface area contributed by atoms with Gasteiger partial charge < -0.3 is 19.5 Å². The van der Waals surface area contributed by atoms with E-state index in [1.165, 1.54) is 22.2 Å². The molecule has 2 amide bonds. The van der Waals surface area contributed by atoms with Gasteiger partial charge in [0.2, 0.25) is 5.82 Å². The molecule has 13 heteroatoms. The number of carbonyl (C=O) groups is 2. The van der Waals surface area contributed by atoms with Crippen molar-refractivity contribution in [3.63, 3.8) is 0 Å². The number of ether oxygens (including phenoxy) is 3. The van der Waals surface area contributed by atoms with Crippen LogP contribution >= 0.6 is 0 Å². The van der Waals surface area contributed by atoms with Gasteiger partial charge in [-0.25, -0.2) is 19.2 Å².